The number of rotatable bonds is 5. The first-order chi connectivity index (χ1) is 12.4. The number of aryl methyl sites for hydroxylation is 1. The van der Waals surface area contributed by atoms with Gasteiger partial charge in [-0.15, -0.1) is 0 Å². The van der Waals surface area contributed by atoms with Crippen molar-refractivity contribution < 1.29 is 18.4 Å². The number of carbonyl (C=O) groups excluding carboxylic acids is 2. The second kappa shape index (κ2) is 7.70. The van der Waals surface area contributed by atoms with Crippen molar-refractivity contribution in [2.24, 2.45) is 0 Å². The summed E-state index contributed by atoms with van der Waals surface area (Å²) in [4.78, 5) is 24.1. The Hall–Kier alpha value is -2.67. The van der Waals surface area contributed by atoms with Gasteiger partial charge in [0.25, 0.3) is 11.8 Å². The van der Waals surface area contributed by atoms with Crippen LogP contribution in [0, 0.1) is 12.7 Å². The maximum atomic E-state index is 13.5. The predicted octanol–water partition coefficient (Wildman–Crippen LogP) is 3.80. The van der Waals surface area contributed by atoms with Crippen molar-refractivity contribution in [1.82, 2.24) is 10.6 Å². The molecule has 0 radical (unpaired) electrons. The quantitative estimate of drug-likeness (QED) is 0.618. The molecule has 3 aromatic rings. The van der Waals surface area contributed by atoms with Crippen molar-refractivity contribution in [1.29, 1.82) is 0 Å². The van der Waals surface area contributed by atoms with E-state index in [-0.39, 0.29) is 30.3 Å². The molecule has 5 nitrogen and oxygen atoms in total. The number of furan rings is 1. The highest BCUT2D eigenvalue weighted by Crippen LogP contribution is 2.23. The molecule has 1 heterocycles. The first kappa shape index (κ1) is 18.1. The molecular formula is C19H16BrFN2O3. The lowest BCUT2D eigenvalue weighted by molar-refractivity contribution is 0.0912. The molecule has 3 rings (SSSR count). The van der Waals surface area contributed by atoms with Gasteiger partial charge in [0.1, 0.15) is 11.4 Å². The van der Waals surface area contributed by atoms with Crippen LogP contribution in [0.4, 0.5) is 4.39 Å². The van der Waals surface area contributed by atoms with Crippen molar-refractivity contribution in [2.75, 3.05) is 13.1 Å². The molecule has 2 N–H and O–H groups in total. The molecule has 0 aliphatic carbocycles. The summed E-state index contributed by atoms with van der Waals surface area (Å²) in [6, 6.07) is 11.4. The summed E-state index contributed by atoms with van der Waals surface area (Å²) in [6.07, 6.45) is 0. The van der Waals surface area contributed by atoms with Gasteiger partial charge in [-0.3, -0.25) is 9.59 Å². The smallest absolute Gasteiger partial charge is 0.287 e. The number of nitrogens with one attached hydrogen (secondary N) is 2. The predicted molar refractivity (Wildman–Crippen MR) is 99.7 cm³/mol. The Bertz CT molecular complexity index is 984. The minimum atomic E-state index is -0.428. The third-order valence-corrected chi connectivity index (χ3v) is 4.33. The van der Waals surface area contributed by atoms with E-state index in [1.54, 1.807) is 31.2 Å². The third-order valence-electron chi connectivity index (χ3n) is 3.83. The van der Waals surface area contributed by atoms with Crippen molar-refractivity contribution >= 4 is 38.7 Å². The molecule has 1 aromatic heterocycles. The van der Waals surface area contributed by atoms with Gasteiger partial charge in [-0.25, -0.2) is 4.39 Å². The van der Waals surface area contributed by atoms with Crippen LogP contribution in [0.25, 0.3) is 11.0 Å². The highest BCUT2D eigenvalue weighted by atomic mass is 79.9. The number of fused-ring (bicyclic) bond motifs is 1. The number of carbonyl (C=O) groups is 2. The third kappa shape index (κ3) is 4.11. The van der Waals surface area contributed by atoms with Crippen molar-refractivity contribution in [2.45, 2.75) is 6.92 Å². The Morgan fingerprint density at radius 1 is 1.04 bits per heavy atom. The van der Waals surface area contributed by atoms with Crippen LogP contribution in [-0.2, 0) is 0 Å². The average molecular weight is 419 g/mol. The summed E-state index contributed by atoms with van der Waals surface area (Å²) >= 11 is 3.37. The van der Waals surface area contributed by atoms with E-state index >= 15 is 0 Å². The van der Waals surface area contributed by atoms with Gasteiger partial charge < -0.3 is 15.1 Å². The zero-order chi connectivity index (χ0) is 18.7. The Morgan fingerprint density at radius 2 is 1.77 bits per heavy atom. The Labute approximate surface area is 157 Å². The summed E-state index contributed by atoms with van der Waals surface area (Å²) in [5.74, 6) is -0.993. The molecule has 134 valence electrons. The molecule has 0 atom stereocenters. The molecule has 0 saturated heterocycles. The number of halogens is 2. The fourth-order valence-electron chi connectivity index (χ4n) is 2.40. The second-order valence-electron chi connectivity index (χ2n) is 5.77. The average Bonchev–Trinajstić information content (AvgIpc) is 3.03. The number of benzene rings is 2. The highest BCUT2D eigenvalue weighted by molar-refractivity contribution is 9.10. The molecule has 0 spiro atoms. The van der Waals surface area contributed by atoms with Crippen LogP contribution < -0.4 is 10.6 Å². The van der Waals surface area contributed by atoms with Crippen LogP contribution in [0.3, 0.4) is 0 Å². The van der Waals surface area contributed by atoms with Crippen molar-refractivity contribution in [3.05, 3.63) is 69.6 Å². The normalized spacial score (nSPS) is 10.7. The molecule has 0 aliphatic rings. The van der Waals surface area contributed by atoms with Gasteiger partial charge in [-0.1, -0.05) is 22.0 Å². The highest BCUT2D eigenvalue weighted by Gasteiger charge is 2.12. The lowest BCUT2D eigenvalue weighted by atomic mass is 10.1. The minimum absolute atomic E-state index is 0.199. The maximum Gasteiger partial charge on any atom is 0.287 e. The van der Waals surface area contributed by atoms with Gasteiger partial charge in [-0.2, -0.15) is 0 Å². The first-order valence-corrected chi connectivity index (χ1v) is 8.75. The largest absolute Gasteiger partial charge is 0.451 e. The van der Waals surface area contributed by atoms with E-state index in [4.69, 9.17) is 4.42 Å². The van der Waals surface area contributed by atoms with Gasteiger partial charge in [-0.05, 0) is 48.9 Å². The molecule has 0 saturated carbocycles. The molecule has 7 heteroatoms. The Kier molecular flexibility index (Phi) is 5.37. The summed E-state index contributed by atoms with van der Waals surface area (Å²) in [7, 11) is 0. The summed E-state index contributed by atoms with van der Waals surface area (Å²) in [6.45, 7) is 2.06. The van der Waals surface area contributed by atoms with Crippen LogP contribution in [0.1, 0.15) is 26.5 Å². The molecular weight excluding hydrogens is 403 g/mol. The Morgan fingerprint density at radius 3 is 2.50 bits per heavy atom. The SMILES string of the molecule is Cc1ccc(C(=O)NCCNC(=O)c2cc3cc(Br)ccc3o2)cc1F. The molecule has 0 aliphatic heterocycles. The fourth-order valence-corrected chi connectivity index (χ4v) is 2.78. The van der Waals surface area contributed by atoms with Gasteiger partial charge in [0, 0.05) is 28.5 Å². The van der Waals surface area contributed by atoms with E-state index in [0.717, 1.165) is 9.86 Å². The monoisotopic (exact) mass is 418 g/mol. The minimum Gasteiger partial charge on any atom is -0.451 e. The second-order valence-corrected chi connectivity index (χ2v) is 6.68. The lowest BCUT2D eigenvalue weighted by Gasteiger charge is -2.07. The van der Waals surface area contributed by atoms with Crippen LogP contribution in [0.2, 0.25) is 0 Å². The van der Waals surface area contributed by atoms with Gasteiger partial charge in [0.2, 0.25) is 0 Å². The van der Waals surface area contributed by atoms with Crippen molar-refractivity contribution in [3.8, 4) is 0 Å². The maximum absolute atomic E-state index is 13.5. The van der Waals surface area contributed by atoms with Crippen LogP contribution >= 0.6 is 15.9 Å². The molecule has 0 unspecified atom stereocenters. The van der Waals surface area contributed by atoms with E-state index in [9.17, 15) is 14.0 Å². The molecule has 0 bridgehead atoms. The zero-order valence-electron chi connectivity index (χ0n) is 13.9. The number of hydrogen-bond donors (Lipinski definition) is 2. The summed E-state index contributed by atoms with van der Waals surface area (Å²) in [5, 5.41) is 6.12. The summed E-state index contributed by atoms with van der Waals surface area (Å²) in [5.41, 5.74) is 1.34. The van der Waals surface area contributed by atoms with E-state index in [1.165, 1.54) is 6.07 Å². The van der Waals surface area contributed by atoms with Crippen LogP contribution in [0.15, 0.2) is 51.4 Å². The van der Waals surface area contributed by atoms with Crippen molar-refractivity contribution in [3.63, 3.8) is 0 Å². The van der Waals surface area contributed by atoms with Gasteiger partial charge >= 0.3 is 0 Å². The van der Waals surface area contributed by atoms with E-state index < -0.39 is 11.7 Å². The molecule has 0 fully saturated rings. The fraction of sp³-hybridized carbons (Fsp3) is 0.158. The number of hydrogen-bond acceptors (Lipinski definition) is 3. The van der Waals surface area contributed by atoms with Gasteiger partial charge in [0.05, 0.1) is 0 Å². The molecule has 2 aromatic carbocycles. The van der Waals surface area contributed by atoms with E-state index in [1.807, 2.05) is 12.1 Å². The first-order valence-electron chi connectivity index (χ1n) is 7.95. The van der Waals surface area contributed by atoms with Crippen LogP contribution in [-0.4, -0.2) is 24.9 Å². The van der Waals surface area contributed by atoms with Gasteiger partial charge in [0.15, 0.2) is 5.76 Å². The molecule has 26 heavy (non-hydrogen) atoms. The summed E-state index contributed by atoms with van der Waals surface area (Å²) < 4.78 is 19.9. The Balaban J connectivity index is 1.51. The zero-order valence-corrected chi connectivity index (χ0v) is 15.5. The van der Waals surface area contributed by atoms with E-state index in [2.05, 4.69) is 26.6 Å². The van der Waals surface area contributed by atoms with E-state index in [0.29, 0.717) is 11.1 Å². The topological polar surface area (TPSA) is 71.3 Å². The number of amides is 2. The standard InChI is InChI=1S/C19H16BrFN2O3/c1-11-2-3-12(9-15(11)21)18(24)22-6-7-23-19(25)17-10-13-8-14(20)4-5-16(13)26-17/h2-5,8-10H,6-7H2,1H3,(H,22,24)(H,23,25). The molecule has 2 amide bonds. The van der Waals surface area contributed by atoms with Crippen LogP contribution in [0.5, 0.6) is 0 Å². The lowest BCUT2D eigenvalue weighted by Crippen LogP contribution is -2.34.